The van der Waals surface area contributed by atoms with E-state index in [4.69, 9.17) is 0 Å². The van der Waals surface area contributed by atoms with E-state index in [0.29, 0.717) is 11.4 Å². The Kier molecular flexibility index (Phi) is 3.33. The molecule has 0 spiro atoms. The third-order valence-electron chi connectivity index (χ3n) is 3.79. The van der Waals surface area contributed by atoms with Crippen LogP contribution in [-0.4, -0.2) is 20.1 Å². The number of hydrogen-bond donors (Lipinski definition) is 0. The van der Waals surface area contributed by atoms with E-state index in [2.05, 4.69) is 0 Å². The Morgan fingerprint density at radius 3 is 2.23 bits per heavy atom. The average Bonchev–Trinajstić information content (AvgIpc) is 2.53. The van der Waals surface area contributed by atoms with Crippen LogP contribution in [0.3, 0.4) is 0 Å². The molecule has 0 N–H and O–H groups in total. The highest BCUT2D eigenvalue weighted by Gasteiger charge is 2.43. The van der Waals surface area contributed by atoms with Gasteiger partial charge in [-0.25, -0.2) is 8.42 Å². The molecule has 0 unspecified atom stereocenters. The highest BCUT2D eigenvalue weighted by atomic mass is 32.2. The van der Waals surface area contributed by atoms with Crippen LogP contribution in [0.25, 0.3) is 0 Å². The van der Waals surface area contributed by atoms with Gasteiger partial charge in [0.15, 0.2) is 9.84 Å². The van der Waals surface area contributed by atoms with Gasteiger partial charge in [0.2, 0.25) is 5.91 Å². The van der Waals surface area contributed by atoms with Crippen LogP contribution in [0, 0.1) is 5.41 Å². The molecular formula is C17H17NO3S. The van der Waals surface area contributed by atoms with Gasteiger partial charge in [0.1, 0.15) is 0 Å². The summed E-state index contributed by atoms with van der Waals surface area (Å²) in [6.07, 6.45) is 0. The molecule has 0 fully saturated rings. The molecule has 5 heteroatoms. The van der Waals surface area contributed by atoms with Gasteiger partial charge in [-0.2, -0.15) is 0 Å². The fourth-order valence-corrected chi connectivity index (χ4v) is 4.76. The highest BCUT2D eigenvalue weighted by molar-refractivity contribution is 7.91. The number of carbonyl (C=O) groups excluding carboxylic acids is 1. The maximum Gasteiger partial charge on any atom is 0.238 e. The standard InChI is InChI=1S/C17H17NO3S/c1-17(2)12-22(20,21)15-11-7-6-10-14(15)18(16(17)19)13-8-4-3-5-9-13/h3-11H,12H2,1-2H3. The molecule has 1 aliphatic rings. The Morgan fingerprint density at radius 1 is 0.955 bits per heavy atom. The number of rotatable bonds is 1. The van der Waals surface area contributed by atoms with E-state index in [-0.39, 0.29) is 16.6 Å². The predicted octanol–water partition coefficient (Wildman–Crippen LogP) is 3.16. The highest BCUT2D eigenvalue weighted by Crippen LogP contribution is 2.40. The average molecular weight is 315 g/mol. The number of carbonyl (C=O) groups is 1. The molecule has 0 aliphatic carbocycles. The molecular weight excluding hydrogens is 298 g/mol. The van der Waals surface area contributed by atoms with E-state index < -0.39 is 15.3 Å². The normalized spacial score (nSPS) is 19.4. The zero-order valence-corrected chi connectivity index (χ0v) is 13.3. The zero-order chi connectivity index (χ0) is 16.0. The molecule has 4 nitrogen and oxygen atoms in total. The molecule has 22 heavy (non-hydrogen) atoms. The monoisotopic (exact) mass is 315 g/mol. The van der Waals surface area contributed by atoms with Gasteiger partial charge in [-0.15, -0.1) is 0 Å². The van der Waals surface area contributed by atoms with Crippen molar-refractivity contribution < 1.29 is 13.2 Å². The number of anilines is 2. The zero-order valence-electron chi connectivity index (χ0n) is 12.5. The minimum Gasteiger partial charge on any atom is -0.279 e. The first kappa shape index (κ1) is 14.8. The lowest BCUT2D eigenvalue weighted by molar-refractivity contribution is -0.124. The Labute approximate surface area is 130 Å². The summed E-state index contributed by atoms with van der Waals surface area (Å²) in [6.45, 7) is 3.35. The van der Waals surface area contributed by atoms with Gasteiger partial charge in [-0.1, -0.05) is 30.3 Å². The molecule has 0 bridgehead atoms. The smallest absolute Gasteiger partial charge is 0.238 e. The summed E-state index contributed by atoms with van der Waals surface area (Å²) < 4.78 is 25.3. The maximum atomic E-state index is 13.0. The van der Waals surface area contributed by atoms with E-state index in [0.717, 1.165) is 0 Å². The second kappa shape index (κ2) is 4.95. The number of para-hydroxylation sites is 2. The number of nitrogens with zero attached hydrogens (tertiary/aromatic N) is 1. The quantitative estimate of drug-likeness (QED) is 0.812. The van der Waals surface area contributed by atoms with Crippen molar-refractivity contribution >= 4 is 27.1 Å². The largest absolute Gasteiger partial charge is 0.279 e. The van der Waals surface area contributed by atoms with Crippen molar-refractivity contribution in [3.8, 4) is 0 Å². The number of sulfone groups is 1. The summed E-state index contributed by atoms with van der Waals surface area (Å²) in [5.41, 5.74) is 0.0997. The van der Waals surface area contributed by atoms with Crippen LogP contribution in [0.5, 0.6) is 0 Å². The van der Waals surface area contributed by atoms with E-state index in [1.165, 1.54) is 4.90 Å². The van der Waals surface area contributed by atoms with Crippen molar-refractivity contribution in [2.24, 2.45) is 5.41 Å². The van der Waals surface area contributed by atoms with Gasteiger partial charge in [0.25, 0.3) is 0 Å². The van der Waals surface area contributed by atoms with Crippen molar-refractivity contribution in [1.82, 2.24) is 0 Å². The van der Waals surface area contributed by atoms with Gasteiger partial charge in [-0.3, -0.25) is 9.69 Å². The number of fused-ring (bicyclic) bond motifs is 1. The SMILES string of the molecule is CC1(C)CS(=O)(=O)c2ccccc2N(c2ccccc2)C1=O. The molecule has 114 valence electrons. The molecule has 2 aromatic rings. The van der Waals surface area contributed by atoms with Crippen LogP contribution < -0.4 is 4.90 Å². The van der Waals surface area contributed by atoms with E-state index >= 15 is 0 Å². The van der Waals surface area contributed by atoms with Crippen molar-refractivity contribution in [2.75, 3.05) is 10.7 Å². The van der Waals surface area contributed by atoms with Crippen molar-refractivity contribution in [3.63, 3.8) is 0 Å². The molecule has 1 amide bonds. The number of amides is 1. The second-order valence-electron chi connectivity index (χ2n) is 6.09. The predicted molar refractivity (Wildman–Crippen MR) is 85.9 cm³/mol. The molecule has 0 saturated heterocycles. The molecule has 1 aliphatic heterocycles. The van der Waals surface area contributed by atoms with Crippen molar-refractivity contribution in [2.45, 2.75) is 18.7 Å². The Balaban J connectivity index is 2.33. The number of benzene rings is 2. The molecule has 0 radical (unpaired) electrons. The van der Waals surface area contributed by atoms with Crippen LogP contribution in [0.1, 0.15) is 13.8 Å². The summed E-state index contributed by atoms with van der Waals surface area (Å²) in [5.74, 6) is -0.411. The second-order valence-corrected chi connectivity index (χ2v) is 8.04. The van der Waals surface area contributed by atoms with E-state index in [1.807, 2.05) is 30.3 Å². The third-order valence-corrected chi connectivity index (χ3v) is 5.91. The first-order chi connectivity index (χ1) is 10.3. The summed E-state index contributed by atoms with van der Waals surface area (Å²) in [6, 6.07) is 15.8. The molecule has 0 aromatic heterocycles. The van der Waals surface area contributed by atoms with Crippen LogP contribution in [0.2, 0.25) is 0 Å². The minimum atomic E-state index is -3.52. The van der Waals surface area contributed by atoms with Crippen LogP contribution in [0.15, 0.2) is 59.5 Å². The van der Waals surface area contributed by atoms with Gasteiger partial charge < -0.3 is 0 Å². The summed E-state index contributed by atoms with van der Waals surface area (Å²) in [5, 5.41) is 0. The first-order valence-electron chi connectivity index (χ1n) is 7.04. The summed E-state index contributed by atoms with van der Waals surface area (Å²) in [7, 11) is -3.52. The lowest BCUT2D eigenvalue weighted by Gasteiger charge is -2.28. The molecule has 1 heterocycles. The van der Waals surface area contributed by atoms with Crippen LogP contribution >= 0.6 is 0 Å². The molecule has 0 atom stereocenters. The van der Waals surface area contributed by atoms with Crippen molar-refractivity contribution in [3.05, 3.63) is 54.6 Å². The molecule has 2 aromatic carbocycles. The third kappa shape index (κ3) is 2.31. The van der Waals surface area contributed by atoms with Gasteiger partial charge in [0, 0.05) is 5.69 Å². The van der Waals surface area contributed by atoms with E-state index in [9.17, 15) is 13.2 Å². The van der Waals surface area contributed by atoms with Gasteiger partial charge in [0.05, 0.1) is 21.8 Å². The lowest BCUT2D eigenvalue weighted by Crippen LogP contribution is -2.39. The maximum absolute atomic E-state index is 13.0. The molecule has 0 saturated carbocycles. The van der Waals surface area contributed by atoms with Gasteiger partial charge >= 0.3 is 0 Å². The number of hydrogen-bond acceptors (Lipinski definition) is 3. The Morgan fingerprint density at radius 2 is 1.55 bits per heavy atom. The first-order valence-corrected chi connectivity index (χ1v) is 8.69. The fraction of sp³-hybridized carbons (Fsp3) is 0.235. The molecule has 3 rings (SSSR count). The van der Waals surface area contributed by atoms with Crippen LogP contribution in [0.4, 0.5) is 11.4 Å². The summed E-state index contributed by atoms with van der Waals surface area (Å²) >= 11 is 0. The Hall–Kier alpha value is -2.14. The van der Waals surface area contributed by atoms with Crippen LogP contribution in [-0.2, 0) is 14.6 Å². The topological polar surface area (TPSA) is 54.5 Å². The van der Waals surface area contributed by atoms with Gasteiger partial charge in [-0.05, 0) is 38.1 Å². The summed E-state index contributed by atoms with van der Waals surface area (Å²) in [4.78, 5) is 14.7. The lowest BCUT2D eigenvalue weighted by atomic mass is 9.93. The fourth-order valence-electron chi connectivity index (χ4n) is 2.76. The minimum absolute atomic E-state index is 0.195. The Bertz CT molecular complexity index is 826. The van der Waals surface area contributed by atoms with E-state index in [1.54, 1.807) is 38.1 Å². The van der Waals surface area contributed by atoms with Crippen molar-refractivity contribution in [1.29, 1.82) is 0 Å².